The number of aromatic nitrogens is 1. The van der Waals surface area contributed by atoms with Gasteiger partial charge in [0, 0.05) is 11.8 Å². The van der Waals surface area contributed by atoms with Crippen LogP contribution in [0.4, 0.5) is 0 Å². The lowest BCUT2D eigenvalue weighted by atomic mass is 10.2. The molecule has 0 bridgehead atoms. The molecule has 0 aliphatic heterocycles. The Kier molecular flexibility index (Phi) is 3.84. The van der Waals surface area contributed by atoms with Crippen LogP contribution < -0.4 is 4.74 Å². The second-order valence-corrected chi connectivity index (χ2v) is 4.57. The summed E-state index contributed by atoms with van der Waals surface area (Å²) in [6, 6.07) is 7.43. The largest absolute Gasteiger partial charge is 0.437 e. The molecule has 18 heavy (non-hydrogen) atoms. The van der Waals surface area contributed by atoms with Crippen molar-refractivity contribution in [2.45, 2.75) is 20.5 Å². The van der Waals surface area contributed by atoms with E-state index in [0.29, 0.717) is 16.7 Å². The number of halogens is 1. The number of hydrogen-bond donors (Lipinski definition) is 1. The molecule has 0 atom stereocenters. The second-order valence-electron chi connectivity index (χ2n) is 4.16. The van der Waals surface area contributed by atoms with Crippen molar-refractivity contribution in [3.63, 3.8) is 0 Å². The monoisotopic (exact) mass is 263 g/mol. The molecule has 2 rings (SSSR count). The van der Waals surface area contributed by atoms with Gasteiger partial charge in [-0.1, -0.05) is 17.7 Å². The Morgan fingerprint density at radius 1 is 1.28 bits per heavy atom. The van der Waals surface area contributed by atoms with Gasteiger partial charge in [0.25, 0.3) is 0 Å². The standard InChI is InChI=1S/C14H14ClNO2/c1-9-3-4-13(12(15)5-9)18-14-10(2)6-11(8-17)7-16-14/h3-7,17H,8H2,1-2H3. The molecule has 3 nitrogen and oxygen atoms in total. The molecule has 4 heteroatoms. The first-order chi connectivity index (χ1) is 8.60. The Bertz CT molecular complexity index is 570. The van der Waals surface area contributed by atoms with Gasteiger partial charge in [0.15, 0.2) is 0 Å². The fourth-order valence-electron chi connectivity index (χ4n) is 1.61. The van der Waals surface area contributed by atoms with E-state index in [2.05, 4.69) is 4.98 Å². The summed E-state index contributed by atoms with van der Waals surface area (Å²) in [6.45, 7) is 3.82. The maximum atomic E-state index is 9.02. The van der Waals surface area contributed by atoms with E-state index in [9.17, 15) is 0 Å². The van der Waals surface area contributed by atoms with Crippen LogP contribution >= 0.6 is 11.6 Å². The molecule has 1 N–H and O–H groups in total. The third-order valence-corrected chi connectivity index (χ3v) is 2.86. The number of benzene rings is 1. The summed E-state index contributed by atoms with van der Waals surface area (Å²) in [5.41, 5.74) is 2.70. The molecular formula is C14H14ClNO2. The van der Waals surface area contributed by atoms with E-state index >= 15 is 0 Å². The smallest absolute Gasteiger partial charge is 0.222 e. The maximum absolute atomic E-state index is 9.02. The van der Waals surface area contributed by atoms with E-state index in [-0.39, 0.29) is 6.61 Å². The van der Waals surface area contributed by atoms with Crippen molar-refractivity contribution >= 4 is 11.6 Å². The Labute approximate surface area is 111 Å². The first kappa shape index (κ1) is 12.9. The Morgan fingerprint density at radius 3 is 2.67 bits per heavy atom. The highest BCUT2D eigenvalue weighted by molar-refractivity contribution is 6.32. The third-order valence-electron chi connectivity index (χ3n) is 2.56. The molecule has 1 aromatic heterocycles. The van der Waals surface area contributed by atoms with Gasteiger partial charge in [0.1, 0.15) is 5.75 Å². The van der Waals surface area contributed by atoms with Gasteiger partial charge in [0.2, 0.25) is 5.88 Å². The topological polar surface area (TPSA) is 42.4 Å². The minimum absolute atomic E-state index is 0.0284. The molecule has 0 radical (unpaired) electrons. The normalized spacial score (nSPS) is 10.4. The fraction of sp³-hybridized carbons (Fsp3) is 0.214. The molecule has 1 heterocycles. The number of pyridine rings is 1. The SMILES string of the molecule is Cc1ccc(Oc2ncc(CO)cc2C)c(Cl)c1. The average molecular weight is 264 g/mol. The zero-order chi connectivity index (χ0) is 13.1. The lowest BCUT2D eigenvalue weighted by molar-refractivity contribution is 0.281. The van der Waals surface area contributed by atoms with Gasteiger partial charge in [0.05, 0.1) is 11.6 Å². The van der Waals surface area contributed by atoms with Crippen LogP contribution in [0.2, 0.25) is 5.02 Å². The number of rotatable bonds is 3. The predicted molar refractivity (Wildman–Crippen MR) is 71.2 cm³/mol. The summed E-state index contributed by atoms with van der Waals surface area (Å²) in [5, 5.41) is 9.57. The first-order valence-corrected chi connectivity index (χ1v) is 5.98. The van der Waals surface area contributed by atoms with Gasteiger partial charge < -0.3 is 9.84 Å². The third kappa shape index (κ3) is 2.81. The Hall–Kier alpha value is -1.58. The van der Waals surface area contributed by atoms with Crippen LogP contribution in [0.15, 0.2) is 30.5 Å². The second kappa shape index (κ2) is 5.38. The minimum atomic E-state index is -0.0284. The van der Waals surface area contributed by atoms with Gasteiger partial charge in [-0.15, -0.1) is 0 Å². The Balaban J connectivity index is 2.28. The van der Waals surface area contributed by atoms with E-state index in [0.717, 1.165) is 16.7 Å². The van der Waals surface area contributed by atoms with Gasteiger partial charge in [-0.25, -0.2) is 4.98 Å². The number of aliphatic hydroxyl groups excluding tert-OH is 1. The summed E-state index contributed by atoms with van der Waals surface area (Å²) >= 11 is 6.10. The molecule has 0 amide bonds. The van der Waals surface area contributed by atoms with Crippen molar-refractivity contribution in [1.29, 1.82) is 0 Å². The molecule has 0 aliphatic rings. The molecule has 0 aliphatic carbocycles. The summed E-state index contributed by atoms with van der Waals surface area (Å²) in [4.78, 5) is 4.17. The van der Waals surface area contributed by atoms with Gasteiger partial charge >= 0.3 is 0 Å². The van der Waals surface area contributed by atoms with E-state index < -0.39 is 0 Å². The van der Waals surface area contributed by atoms with Crippen LogP contribution in [0.3, 0.4) is 0 Å². The molecular weight excluding hydrogens is 250 g/mol. The fourth-order valence-corrected chi connectivity index (χ4v) is 1.88. The maximum Gasteiger partial charge on any atom is 0.222 e. The predicted octanol–water partition coefficient (Wildman–Crippen LogP) is 3.64. The van der Waals surface area contributed by atoms with E-state index in [1.165, 1.54) is 0 Å². The molecule has 94 valence electrons. The van der Waals surface area contributed by atoms with Crippen LogP contribution in [0.25, 0.3) is 0 Å². The summed E-state index contributed by atoms with van der Waals surface area (Å²) < 4.78 is 5.67. The number of hydrogen-bond acceptors (Lipinski definition) is 3. The number of aliphatic hydroxyl groups is 1. The summed E-state index contributed by atoms with van der Waals surface area (Å²) in [6.07, 6.45) is 1.59. The van der Waals surface area contributed by atoms with Crippen molar-refractivity contribution in [3.05, 3.63) is 52.2 Å². The lowest BCUT2D eigenvalue weighted by Gasteiger charge is -2.10. The van der Waals surface area contributed by atoms with E-state index in [4.69, 9.17) is 21.4 Å². The summed E-state index contributed by atoms with van der Waals surface area (Å²) in [7, 11) is 0. The van der Waals surface area contributed by atoms with Crippen LogP contribution in [-0.4, -0.2) is 10.1 Å². The molecule has 0 saturated carbocycles. The summed E-state index contributed by atoms with van der Waals surface area (Å²) in [5.74, 6) is 1.08. The molecule has 1 aromatic carbocycles. The molecule has 2 aromatic rings. The Morgan fingerprint density at radius 2 is 2.06 bits per heavy atom. The quantitative estimate of drug-likeness (QED) is 0.919. The molecule has 0 fully saturated rings. The van der Waals surface area contributed by atoms with Crippen LogP contribution in [0, 0.1) is 13.8 Å². The highest BCUT2D eigenvalue weighted by Crippen LogP contribution is 2.30. The highest BCUT2D eigenvalue weighted by atomic mass is 35.5. The lowest BCUT2D eigenvalue weighted by Crippen LogP contribution is -1.94. The number of aryl methyl sites for hydroxylation is 2. The van der Waals surface area contributed by atoms with Crippen LogP contribution in [0.5, 0.6) is 11.6 Å². The molecule has 0 unspecified atom stereocenters. The van der Waals surface area contributed by atoms with Crippen molar-refractivity contribution in [3.8, 4) is 11.6 Å². The molecule has 0 spiro atoms. The first-order valence-electron chi connectivity index (χ1n) is 5.60. The highest BCUT2D eigenvalue weighted by Gasteiger charge is 2.07. The number of ether oxygens (including phenoxy) is 1. The average Bonchev–Trinajstić information content (AvgIpc) is 2.34. The van der Waals surface area contributed by atoms with E-state index in [1.54, 1.807) is 6.20 Å². The minimum Gasteiger partial charge on any atom is -0.437 e. The van der Waals surface area contributed by atoms with Crippen LogP contribution in [0.1, 0.15) is 16.7 Å². The number of nitrogens with zero attached hydrogens (tertiary/aromatic N) is 1. The van der Waals surface area contributed by atoms with Crippen molar-refractivity contribution in [1.82, 2.24) is 4.98 Å². The van der Waals surface area contributed by atoms with Crippen molar-refractivity contribution in [2.24, 2.45) is 0 Å². The van der Waals surface area contributed by atoms with Gasteiger partial charge in [-0.3, -0.25) is 0 Å². The van der Waals surface area contributed by atoms with Crippen LogP contribution in [-0.2, 0) is 6.61 Å². The van der Waals surface area contributed by atoms with Gasteiger partial charge in [-0.05, 0) is 43.2 Å². The zero-order valence-corrected chi connectivity index (χ0v) is 11.0. The van der Waals surface area contributed by atoms with Crippen molar-refractivity contribution in [2.75, 3.05) is 0 Å². The van der Waals surface area contributed by atoms with E-state index in [1.807, 2.05) is 38.1 Å². The van der Waals surface area contributed by atoms with Crippen molar-refractivity contribution < 1.29 is 9.84 Å². The van der Waals surface area contributed by atoms with Gasteiger partial charge in [-0.2, -0.15) is 0 Å². The zero-order valence-electron chi connectivity index (χ0n) is 10.3. The molecule has 0 saturated heterocycles.